The van der Waals surface area contributed by atoms with Crippen LogP contribution in [0.3, 0.4) is 0 Å². The molecule has 0 saturated carbocycles. The Kier molecular flexibility index (Phi) is 5.85. The quantitative estimate of drug-likeness (QED) is 0.887. The van der Waals surface area contributed by atoms with E-state index in [1.807, 2.05) is 6.92 Å². The van der Waals surface area contributed by atoms with Crippen molar-refractivity contribution < 1.29 is 13.9 Å². The van der Waals surface area contributed by atoms with Gasteiger partial charge in [-0.1, -0.05) is 0 Å². The summed E-state index contributed by atoms with van der Waals surface area (Å²) in [6, 6.07) is 5.52. The van der Waals surface area contributed by atoms with Gasteiger partial charge < -0.3 is 15.0 Å². The zero-order chi connectivity index (χ0) is 16.7. The normalized spacial score (nSPS) is 11.6. The second kappa shape index (κ2) is 8.07. The molecule has 2 rings (SSSR count). The third-order valence-electron chi connectivity index (χ3n) is 3.05. The van der Waals surface area contributed by atoms with Gasteiger partial charge >= 0.3 is 6.03 Å². The smallest absolute Gasteiger partial charge is 0.317 e. The van der Waals surface area contributed by atoms with Crippen molar-refractivity contribution in [2.45, 2.75) is 19.6 Å². The third-order valence-corrected chi connectivity index (χ3v) is 3.05. The number of halogens is 1. The van der Waals surface area contributed by atoms with E-state index >= 15 is 0 Å². The predicted molar refractivity (Wildman–Crippen MR) is 83.4 cm³/mol. The van der Waals surface area contributed by atoms with Crippen LogP contribution in [-0.2, 0) is 6.54 Å². The van der Waals surface area contributed by atoms with Gasteiger partial charge in [0.25, 0.3) is 0 Å². The van der Waals surface area contributed by atoms with Crippen LogP contribution >= 0.6 is 0 Å². The van der Waals surface area contributed by atoms with E-state index in [-0.39, 0.29) is 18.0 Å². The molecule has 2 amide bonds. The maximum Gasteiger partial charge on any atom is 0.317 e. The van der Waals surface area contributed by atoms with Crippen molar-refractivity contribution in [2.75, 3.05) is 13.6 Å². The molecule has 1 atom stereocenters. The number of nitrogens with one attached hydrogen (secondary N) is 1. The van der Waals surface area contributed by atoms with Crippen LogP contribution in [0.25, 0.3) is 0 Å². The van der Waals surface area contributed by atoms with Gasteiger partial charge in [-0.3, -0.25) is 9.97 Å². The van der Waals surface area contributed by atoms with Crippen LogP contribution in [0, 0.1) is 5.82 Å². The molecule has 0 aliphatic rings. The van der Waals surface area contributed by atoms with Crippen LogP contribution < -0.4 is 10.1 Å². The van der Waals surface area contributed by atoms with Crippen molar-refractivity contribution in [1.82, 2.24) is 20.2 Å². The Hall–Kier alpha value is -2.70. The lowest BCUT2D eigenvalue weighted by molar-refractivity contribution is 0.188. The van der Waals surface area contributed by atoms with Gasteiger partial charge in [-0.05, 0) is 31.2 Å². The number of carbonyl (C=O) groups is 1. The van der Waals surface area contributed by atoms with E-state index in [2.05, 4.69) is 15.3 Å². The number of nitrogens with zero attached hydrogens (tertiary/aromatic N) is 3. The van der Waals surface area contributed by atoms with Gasteiger partial charge in [0, 0.05) is 19.4 Å². The molecule has 23 heavy (non-hydrogen) atoms. The summed E-state index contributed by atoms with van der Waals surface area (Å²) in [6.45, 7) is 2.53. The topological polar surface area (TPSA) is 67.4 Å². The first-order valence-corrected chi connectivity index (χ1v) is 7.20. The van der Waals surface area contributed by atoms with Crippen molar-refractivity contribution in [1.29, 1.82) is 0 Å². The Labute approximate surface area is 134 Å². The summed E-state index contributed by atoms with van der Waals surface area (Å²) in [5.74, 6) is 0.241. The predicted octanol–water partition coefficient (Wildman–Crippen LogP) is 2.22. The summed E-state index contributed by atoms with van der Waals surface area (Å²) in [4.78, 5) is 21.6. The second-order valence-corrected chi connectivity index (χ2v) is 5.12. The summed E-state index contributed by atoms with van der Waals surface area (Å²) in [7, 11) is 1.68. The summed E-state index contributed by atoms with van der Waals surface area (Å²) < 4.78 is 18.4. The highest BCUT2D eigenvalue weighted by atomic mass is 19.1. The van der Waals surface area contributed by atoms with Gasteiger partial charge in [-0.2, -0.15) is 0 Å². The molecule has 1 N–H and O–H groups in total. The number of urea groups is 1. The lowest BCUT2D eigenvalue weighted by atomic mass is 10.3. The zero-order valence-electron chi connectivity index (χ0n) is 13.1. The third kappa shape index (κ3) is 5.54. The Morgan fingerprint density at radius 2 is 2.09 bits per heavy atom. The summed E-state index contributed by atoms with van der Waals surface area (Å²) >= 11 is 0. The van der Waals surface area contributed by atoms with E-state index in [1.54, 1.807) is 37.8 Å². The van der Waals surface area contributed by atoms with Crippen molar-refractivity contribution in [3.05, 3.63) is 54.4 Å². The lowest BCUT2D eigenvalue weighted by Crippen LogP contribution is -2.41. The molecule has 2 aromatic rings. The number of ether oxygens (including phenoxy) is 1. The molecule has 0 bridgehead atoms. The van der Waals surface area contributed by atoms with Gasteiger partial charge in [-0.25, -0.2) is 9.18 Å². The van der Waals surface area contributed by atoms with Crippen LogP contribution in [0.2, 0.25) is 0 Å². The number of benzene rings is 1. The van der Waals surface area contributed by atoms with Crippen molar-refractivity contribution in [3.63, 3.8) is 0 Å². The van der Waals surface area contributed by atoms with Crippen molar-refractivity contribution in [3.8, 4) is 5.75 Å². The Morgan fingerprint density at radius 1 is 1.35 bits per heavy atom. The average molecular weight is 318 g/mol. The molecule has 122 valence electrons. The van der Waals surface area contributed by atoms with Crippen LogP contribution in [0.4, 0.5) is 9.18 Å². The molecule has 7 heteroatoms. The molecular weight excluding hydrogens is 299 g/mol. The van der Waals surface area contributed by atoms with E-state index in [0.717, 1.165) is 0 Å². The van der Waals surface area contributed by atoms with Crippen LogP contribution in [0.5, 0.6) is 5.75 Å². The van der Waals surface area contributed by atoms with Gasteiger partial charge in [0.15, 0.2) is 0 Å². The molecule has 1 heterocycles. The number of aromatic nitrogens is 2. The summed E-state index contributed by atoms with van der Waals surface area (Å²) in [5.41, 5.74) is 0.709. The Morgan fingerprint density at radius 3 is 2.74 bits per heavy atom. The van der Waals surface area contributed by atoms with E-state index < -0.39 is 0 Å². The SMILES string of the molecule is CC(CNC(=O)N(C)Cc1cnccn1)Oc1ccc(F)cc1. The van der Waals surface area contributed by atoms with Crippen molar-refractivity contribution >= 4 is 6.03 Å². The zero-order valence-corrected chi connectivity index (χ0v) is 13.1. The number of hydrogen-bond donors (Lipinski definition) is 1. The number of rotatable bonds is 6. The lowest BCUT2D eigenvalue weighted by Gasteiger charge is -2.20. The number of amides is 2. The summed E-state index contributed by atoms with van der Waals surface area (Å²) in [6.07, 6.45) is 4.54. The fourth-order valence-corrected chi connectivity index (χ4v) is 1.88. The Bertz CT molecular complexity index is 622. The standard InChI is InChI=1S/C16H19FN4O2/c1-12(23-15-5-3-13(17)4-6-15)9-20-16(22)21(2)11-14-10-18-7-8-19-14/h3-8,10,12H,9,11H2,1-2H3,(H,20,22). The molecule has 0 spiro atoms. The molecule has 1 aromatic carbocycles. The molecule has 0 aliphatic heterocycles. The minimum absolute atomic E-state index is 0.231. The first kappa shape index (κ1) is 16.7. The van der Waals surface area contributed by atoms with E-state index in [9.17, 15) is 9.18 Å². The van der Waals surface area contributed by atoms with Gasteiger partial charge in [0.2, 0.25) is 0 Å². The second-order valence-electron chi connectivity index (χ2n) is 5.12. The largest absolute Gasteiger partial charge is 0.489 e. The molecule has 6 nitrogen and oxygen atoms in total. The van der Waals surface area contributed by atoms with Gasteiger partial charge in [-0.15, -0.1) is 0 Å². The highest BCUT2D eigenvalue weighted by Gasteiger charge is 2.12. The Balaban J connectivity index is 1.75. The highest BCUT2D eigenvalue weighted by Crippen LogP contribution is 2.12. The van der Waals surface area contributed by atoms with Crippen LogP contribution in [0.15, 0.2) is 42.9 Å². The molecule has 0 fully saturated rings. The maximum atomic E-state index is 12.8. The maximum absolute atomic E-state index is 12.8. The molecular formula is C16H19FN4O2. The van der Waals surface area contributed by atoms with Crippen LogP contribution in [0.1, 0.15) is 12.6 Å². The monoisotopic (exact) mass is 318 g/mol. The number of hydrogen-bond acceptors (Lipinski definition) is 4. The highest BCUT2D eigenvalue weighted by molar-refractivity contribution is 5.73. The van der Waals surface area contributed by atoms with E-state index in [0.29, 0.717) is 24.5 Å². The molecule has 0 radical (unpaired) electrons. The minimum Gasteiger partial charge on any atom is -0.489 e. The van der Waals surface area contributed by atoms with E-state index in [4.69, 9.17) is 4.74 Å². The van der Waals surface area contributed by atoms with Gasteiger partial charge in [0.05, 0.1) is 25.0 Å². The fraction of sp³-hybridized carbons (Fsp3) is 0.312. The summed E-state index contributed by atoms with van der Waals surface area (Å²) in [5, 5.41) is 2.77. The number of carbonyl (C=O) groups excluding carboxylic acids is 1. The van der Waals surface area contributed by atoms with Gasteiger partial charge in [0.1, 0.15) is 17.7 Å². The molecule has 1 unspecified atom stereocenters. The fourth-order valence-electron chi connectivity index (χ4n) is 1.88. The first-order chi connectivity index (χ1) is 11.0. The molecule has 0 aliphatic carbocycles. The first-order valence-electron chi connectivity index (χ1n) is 7.20. The minimum atomic E-state index is -0.316. The van der Waals surface area contributed by atoms with E-state index in [1.165, 1.54) is 17.0 Å². The molecule has 0 saturated heterocycles. The average Bonchev–Trinajstić information content (AvgIpc) is 2.55. The van der Waals surface area contributed by atoms with Crippen LogP contribution in [-0.4, -0.2) is 40.6 Å². The molecule has 1 aromatic heterocycles. The van der Waals surface area contributed by atoms with Crippen molar-refractivity contribution in [2.24, 2.45) is 0 Å².